The molecule has 0 heterocycles. The van der Waals surface area contributed by atoms with Crippen LogP contribution in [0.3, 0.4) is 0 Å². The summed E-state index contributed by atoms with van der Waals surface area (Å²) in [6.07, 6.45) is 1.62. The van der Waals surface area contributed by atoms with Crippen LogP contribution in [0.2, 0.25) is 0 Å². The Hall–Kier alpha value is -4.44. The van der Waals surface area contributed by atoms with Gasteiger partial charge in [0.25, 0.3) is 5.91 Å². The van der Waals surface area contributed by atoms with Gasteiger partial charge < -0.3 is 4.74 Å². The van der Waals surface area contributed by atoms with Gasteiger partial charge in [0.1, 0.15) is 12.4 Å². The van der Waals surface area contributed by atoms with Crippen LogP contribution in [0.25, 0.3) is 21.5 Å². The number of carbonyl (C=O) groups is 1. The topological polar surface area (TPSA) is 50.7 Å². The van der Waals surface area contributed by atoms with Gasteiger partial charge >= 0.3 is 0 Å². The Morgan fingerprint density at radius 2 is 1.36 bits per heavy atom. The lowest BCUT2D eigenvalue weighted by molar-refractivity contribution is 0.0957. The number of amides is 1. The van der Waals surface area contributed by atoms with E-state index in [2.05, 4.69) is 34.8 Å². The second-order valence-electron chi connectivity index (χ2n) is 7.72. The lowest BCUT2D eigenvalue weighted by atomic mass is 10.0. The molecule has 0 saturated heterocycles. The molecule has 0 unspecified atom stereocenters. The fraction of sp³-hybridized carbons (Fsp3) is 0.0345. The second-order valence-corrected chi connectivity index (χ2v) is 7.72. The highest BCUT2D eigenvalue weighted by Crippen LogP contribution is 2.21. The predicted octanol–water partition coefficient (Wildman–Crippen LogP) is 6.34. The lowest BCUT2D eigenvalue weighted by Crippen LogP contribution is -2.17. The molecule has 0 spiro atoms. The van der Waals surface area contributed by atoms with Crippen LogP contribution in [0.15, 0.2) is 114 Å². The van der Waals surface area contributed by atoms with E-state index in [0.29, 0.717) is 12.2 Å². The summed E-state index contributed by atoms with van der Waals surface area (Å²) < 4.78 is 5.98. The maximum atomic E-state index is 12.6. The number of hydrogen-bond acceptors (Lipinski definition) is 3. The summed E-state index contributed by atoms with van der Waals surface area (Å²) in [5.41, 5.74) is 5.23. The minimum Gasteiger partial charge on any atom is -0.489 e. The van der Waals surface area contributed by atoms with Gasteiger partial charge in [0.15, 0.2) is 0 Å². The number of nitrogens with zero attached hydrogens (tertiary/aromatic N) is 1. The molecule has 33 heavy (non-hydrogen) atoms. The Balaban J connectivity index is 1.21. The maximum Gasteiger partial charge on any atom is 0.271 e. The van der Waals surface area contributed by atoms with Crippen LogP contribution in [0.1, 0.15) is 21.5 Å². The maximum absolute atomic E-state index is 12.6. The first-order chi connectivity index (χ1) is 16.3. The molecule has 4 nitrogen and oxygen atoms in total. The van der Waals surface area contributed by atoms with E-state index in [1.54, 1.807) is 12.3 Å². The van der Waals surface area contributed by atoms with Crippen molar-refractivity contribution in [3.05, 3.63) is 126 Å². The summed E-state index contributed by atoms with van der Waals surface area (Å²) in [6.45, 7) is 0.496. The van der Waals surface area contributed by atoms with E-state index in [4.69, 9.17) is 4.74 Å². The number of carbonyl (C=O) groups excluding carboxylic acids is 1. The summed E-state index contributed by atoms with van der Waals surface area (Å²) in [7, 11) is 0. The van der Waals surface area contributed by atoms with Crippen molar-refractivity contribution in [2.75, 3.05) is 0 Å². The first kappa shape index (κ1) is 20.5. The molecule has 1 amide bonds. The van der Waals surface area contributed by atoms with Crippen molar-refractivity contribution in [1.29, 1.82) is 0 Å². The van der Waals surface area contributed by atoms with Gasteiger partial charge in [-0.25, -0.2) is 5.43 Å². The Labute approximate surface area is 192 Å². The van der Waals surface area contributed by atoms with Gasteiger partial charge in [-0.2, -0.15) is 5.10 Å². The predicted molar refractivity (Wildman–Crippen MR) is 134 cm³/mol. The van der Waals surface area contributed by atoms with Crippen molar-refractivity contribution in [3.63, 3.8) is 0 Å². The Kier molecular flexibility index (Phi) is 5.81. The van der Waals surface area contributed by atoms with E-state index >= 15 is 0 Å². The van der Waals surface area contributed by atoms with Crippen LogP contribution in [0, 0.1) is 0 Å². The summed E-state index contributed by atoms with van der Waals surface area (Å²) in [5, 5.41) is 8.45. The molecule has 0 radical (unpaired) electrons. The zero-order valence-corrected chi connectivity index (χ0v) is 17.9. The van der Waals surface area contributed by atoms with Gasteiger partial charge in [0.2, 0.25) is 0 Å². The minimum atomic E-state index is -0.238. The van der Waals surface area contributed by atoms with Crippen LogP contribution in [0.5, 0.6) is 5.75 Å². The molecule has 0 aromatic heterocycles. The molecular formula is C29H22N2O2. The van der Waals surface area contributed by atoms with E-state index in [1.165, 1.54) is 10.8 Å². The largest absolute Gasteiger partial charge is 0.489 e. The minimum absolute atomic E-state index is 0.238. The third-order valence-corrected chi connectivity index (χ3v) is 5.57. The first-order valence-corrected chi connectivity index (χ1v) is 10.8. The van der Waals surface area contributed by atoms with E-state index < -0.39 is 0 Å². The van der Waals surface area contributed by atoms with Crippen molar-refractivity contribution < 1.29 is 9.53 Å². The Morgan fingerprint density at radius 3 is 2.15 bits per heavy atom. The smallest absolute Gasteiger partial charge is 0.271 e. The molecule has 1 N–H and O–H groups in total. The Morgan fingerprint density at radius 1 is 0.727 bits per heavy atom. The molecule has 0 aliphatic carbocycles. The number of hydrazone groups is 1. The van der Waals surface area contributed by atoms with Crippen LogP contribution in [0.4, 0.5) is 0 Å². The third kappa shape index (κ3) is 4.60. The number of nitrogens with one attached hydrogen (secondary N) is 1. The summed E-state index contributed by atoms with van der Waals surface area (Å²) in [5.74, 6) is 0.540. The van der Waals surface area contributed by atoms with Crippen LogP contribution in [-0.4, -0.2) is 12.1 Å². The zero-order valence-electron chi connectivity index (χ0n) is 17.9. The van der Waals surface area contributed by atoms with Gasteiger partial charge in [-0.3, -0.25) is 4.79 Å². The molecular weight excluding hydrogens is 408 g/mol. The SMILES string of the molecule is O=C(N/N=C/c1ccc(OCc2cccc3ccccc23)cc1)c1cccc2ccccc12. The third-order valence-electron chi connectivity index (χ3n) is 5.57. The van der Waals surface area contributed by atoms with Gasteiger partial charge in [-0.15, -0.1) is 0 Å². The van der Waals surface area contributed by atoms with Crippen molar-refractivity contribution in [1.82, 2.24) is 5.43 Å². The summed E-state index contributed by atoms with van der Waals surface area (Å²) in [6, 6.07) is 35.6. The van der Waals surface area contributed by atoms with Crippen molar-refractivity contribution in [2.45, 2.75) is 6.61 Å². The average molecular weight is 431 g/mol. The molecule has 0 bridgehead atoms. The molecule has 0 aliphatic heterocycles. The highest BCUT2D eigenvalue weighted by Gasteiger charge is 2.08. The van der Waals surface area contributed by atoms with Crippen molar-refractivity contribution in [2.24, 2.45) is 5.10 Å². The first-order valence-electron chi connectivity index (χ1n) is 10.8. The zero-order chi connectivity index (χ0) is 22.5. The van der Waals surface area contributed by atoms with Crippen molar-refractivity contribution >= 4 is 33.7 Å². The van der Waals surface area contributed by atoms with Crippen molar-refractivity contribution in [3.8, 4) is 5.75 Å². The number of ether oxygens (including phenoxy) is 1. The normalized spacial score (nSPS) is 11.2. The van der Waals surface area contributed by atoms with Crippen LogP contribution >= 0.6 is 0 Å². The van der Waals surface area contributed by atoms with E-state index in [-0.39, 0.29) is 5.91 Å². The molecule has 0 fully saturated rings. The van der Waals surface area contributed by atoms with Crippen LogP contribution in [-0.2, 0) is 6.61 Å². The standard InChI is InChI=1S/C29H22N2O2/c32-29(28-14-6-10-23-8-2-4-13-27(23)28)31-30-19-21-15-17-25(18-16-21)33-20-24-11-5-9-22-7-1-3-12-26(22)24/h1-19H,20H2,(H,31,32)/b30-19+. The van der Waals surface area contributed by atoms with Gasteiger partial charge in [0, 0.05) is 5.56 Å². The average Bonchev–Trinajstić information content (AvgIpc) is 2.88. The molecule has 5 rings (SSSR count). The number of rotatable bonds is 6. The monoisotopic (exact) mass is 430 g/mol. The molecule has 0 saturated carbocycles. The highest BCUT2D eigenvalue weighted by molar-refractivity contribution is 6.07. The second kappa shape index (κ2) is 9.37. The molecule has 0 aliphatic rings. The number of hydrogen-bond donors (Lipinski definition) is 1. The van der Waals surface area contributed by atoms with Gasteiger partial charge in [0.05, 0.1) is 6.21 Å². The molecule has 0 atom stereocenters. The van der Waals surface area contributed by atoms with Crippen LogP contribution < -0.4 is 10.2 Å². The van der Waals surface area contributed by atoms with Gasteiger partial charge in [-0.05, 0) is 63.0 Å². The molecule has 5 aromatic rings. The Bertz CT molecular complexity index is 1450. The quantitative estimate of drug-likeness (QED) is 0.253. The lowest BCUT2D eigenvalue weighted by Gasteiger charge is -2.09. The fourth-order valence-electron chi connectivity index (χ4n) is 3.88. The molecule has 4 heteroatoms. The van der Waals surface area contributed by atoms with E-state index in [1.807, 2.05) is 78.9 Å². The van der Waals surface area contributed by atoms with E-state index in [0.717, 1.165) is 27.6 Å². The summed E-state index contributed by atoms with van der Waals surface area (Å²) in [4.78, 5) is 12.6. The molecule has 160 valence electrons. The summed E-state index contributed by atoms with van der Waals surface area (Å²) >= 11 is 0. The van der Waals surface area contributed by atoms with E-state index in [9.17, 15) is 4.79 Å². The highest BCUT2D eigenvalue weighted by atomic mass is 16.5. The number of benzene rings is 5. The number of fused-ring (bicyclic) bond motifs is 2. The van der Waals surface area contributed by atoms with Gasteiger partial charge in [-0.1, -0.05) is 78.9 Å². The molecule has 5 aromatic carbocycles. The fourth-order valence-corrected chi connectivity index (χ4v) is 3.88.